The van der Waals surface area contributed by atoms with Gasteiger partial charge in [-0.1, -0.05) is 12.1 Å². The summed E-state index contributed by atoms with van der Waals surface area (Å²) in [7, 11) is -3.64. The Balaban J connectivity index is 1.35. The average Bonchev–Trinajstić information content (AvgIpc) is 3.27. The van der Waals surface area contributed by atoms with Gasteiger partial charge in [0.25, 0.3) is 11.5 Å². The predicted octanol–water partition coefficient (Wildman–Crippen LogP) is 2.25. The van der Waals surface area contributed by atoms with Gasteiger partial charge in [-0.15, -0.1) is 0 Å². The minimum Gasteiger partial charge on any atom is -0.336 e. The van der Waals surface area contributed by atoms with Crippen LogP contribution < -0.4 is 5.56 Å². The number of piperazine rings is 1. The molecule has 1 saturated heterocycles. The number of nitrogens with zero attached hydrogens (tertiary/aromatic N) is 4. The van der Waals surface area contributed by atoms with Gasteiger partial charge in [0.05, 0.1) is 15.8 Å². The summed E-state index contributed by atoms with van der Waals surface area (Å²) >= 11 is 3.31. The molecule has 1 amide bonds. The molecule has 0 radical (unpaired) electrons. The van der Waals surface area contributed by atoms with Gasteiger partial charge in [0, 0.05) is 49.2 Å². The first-order chi connectivity index (χ1) is 15.4. The number of carbonyl (C=O) groups excluding carboxylic acids is 1. The van der Waals surface area contributed by atoms with Gasteiger partial charge < -0.3 is 4.90 Å². The number of amides is 1. The summed E-state index contributed by atoms with van der Waals surface area (Å²) in [5, 5.41) is 0.511. The Kier molecular flexibility index (Phi) is 5.39. The van der Waals surface area contributed by atoms with E-state index in [0.29, 0.717) is 40.6 Å². The van der Waals surface area contributed by atoms with Crippen LogP contribution in [-0.2, 0) is 23.0 Å². The minimum absolute atomic E-state index is 0.0626. The summed E-state index contributed by atoms with van der Waals surface area (Å²) in [4.78, 5) is 32.2. The molecule has 0 spiro atoms. The van der Waals surface area contributed by atoms with Crippen LogP contribution in [0.5, 0.6) is 0 Å². The standard InChI is InChI=1S/C22H21BrN4O4S/c23-17-4-1-2-5-19(17)32(30,31)26-12-10-25(11-13-26)21(28)15-7-8-16-18(14-15)24-20-6-3-9-27(20)22(16)29/h1-2,4-5,7-8,14H,3,6,9-13H2. The highest BCUT2D eigenvalue weighted by Gasteiger charge is 2.31. The van der Waals surface area contributed by atoms with Gasteiger partial charge in [0.15, 0.2) is 0 Å². The zero-order valence-electron chi connectivity index (χ0n) is 17.2. The molecule has 0 bridgehead atoms. The number of benzene rings is 2. The Labute approximate surface area is 193 Å². The van der Waals surface area contributed by atoms with Crippen LogP contribution in [0.1, 0.15) is 22.6 Å². The maximum atomic E-state index is 13.1. The van der Waals surface area contributed by atoms with Gasteiger partial charge >= 0.3 is 0 Å². The maximum absolute atomic E-state index is 13.1. The lowest BCUT2D eigenvalue weighted by Gasteiger charge is -2.34. The molecule has 2 aliphatic rings. The molecule has 0 unspecified atom stereocenters. The fourth-order valence-corrected chi connectivity index (χ4v) is 6.71. The summed E-state index contributed by atoms with van der Waals surface area (Å²) < 4.78 is 29.6. The van der Waals surface area contributed by atoms with Crippen molar-refractivity contribution in [1.82, 2.24) is 18.8 Å². The van der Waals surface area contributed by atoms with Crippen molar-refractivity contribution < 1.29 is 13.2 Å². The molecule has 2 aromatic carbocycles. The van der Waals surface area contributed by atoms with E-state index in [1.165, 1.54) is 4.31 Å². The monoisotopic (exact) mass is 516 g/mol. The lowest BCUT2D eigenvalue weighted by Crippen LogP contribution is -2.50. The Morgan fingerprint density at radius 3 is 2.50 bits per heavy atom. The Morgan fingerprint density at radius 2 is 1.75 bits per heavy atom. The van der Waals surface area contributed by atoms with Crippen LogP contribution in [-0.4, -0.2) is 59.3 Å². The molecule has 1 aromatic heterocycles. The van der Waals surface area contributed by atoms with Crippen molar-refractivity contribution in [3.8, 4) is 0 Å². The molecule has 166 valence electrons. The second-order valence-electron chi connectivity index (χ2n) is 7.95. The molecule has 5 rings (SSSR count). The van der Waals surface area contributed by atoms with Crippen LogP contribution in [0.4, 0.5) is 0 Å². The summed E-state index contributed by atoms with van der Waals surface area (Å²) in [6, 6.07) is 11.7. The van der Waals surface area contributed by atoms with E-state index in [1.807, 2.05) is 0 Å². The van der Waals surface area contributed by atoms with Crippen molar-refractivity contribution in [2.75, 3.05) is 26.2 Å². The topological polar surface area (TPSA) is 92.6 Å². The third-order valence-electron chi connectivity index (χ3n) is 6.04. The molecular formula is C22H21BrN4O4S. The zero-order valence-corrected chi connectivity index (χ0v) is 19.6. The maximum Gasteiger partial charge on any atom is 0.261 e. The van der Waals surface area contributed by atoms with Crippen molar-refractivity contribution in [2.24, 2.45) is 0 Å². The molecular weight excluding hydrogens is 496 g/mol. The highest BCUT2D eigenvalue weighted by molar-refractivity contribution is 9.10. The molecule has 0 N–H and O–H groups in total. The largest absolute Gasteiger partial charge is 0.336 e. The molecule has 0 saturated carbocycles. The average molecular weight is 517 g/mol. The second-order valence-corrected chi connectivity index (χ2v) is 10.7. The summed E-state index contributed by atoms with van der Waals surface area (Å²) in [6.07, 6.45) is 1.66. The quantitative estimate of drug-likeness (QED) is 0.532. The van der Waals surface area contributed by atoms with E-state index in [9.17, 15) is 18.0 Å². The molecule has 3 heterocycles. The Morgan fingerprint density at radius 1 is 1.00 bits per heavy atom. The fourth-order valence-electron chi connectivity index (χ4n) is 4.32. The van der Waals surface area contributed by atoms with E-state index in [2.05, 4.69) is 20.9 Å². The minimum atomic E-state index is -3.64. The van der Waals surface area contributed by atoms with E-state index in [0.717, 1.165) is 18.7 Å². The molecule has 10 heteroatoms. The number of sulfonamides is 1. The summed E-state index contributed by atoms with van der Waals surface area (Å²) in [6.45, 7) is 1.71. The first-order valence-electron chi connectivity index (χ1n) is 10.4. The van der Waals surface area contributed by atoms with Crippen LogP contribution in [0.25, 0.3) is 10.9 Å². The van der Waals surface area contributed by atoms with Gasteiger partial charge in [0.1, 0.15) is 5.82 Å². The second kappa shape index (κ2) is 8.09. The number of halogens is 1. The molecule has 2 aliphatic heterocycles. The van der Waals surface area contributed by atoms with Gasteiger partial charge in [-0.2, -0.15) is 4.31 Å². The first-order valence-corrected chi connectivity index (χ1v) is 12.7. The van der Waals surface area contributed by atoms with Gasteiger partial charge in [-0.3, -0.25) is 14.2 Å². The summed E-state index contributed by atoms with van der Waals surface area (Å²) in [5.74, 6) is 0.574. The van der Waals surface area contributed by atoms with Crippen molar-refractivity contribution >= 4 is 42.8 Å². The van der Waals surface area contributed by atoms with Gasteiger partial charge in [-0.05, 0) is 52.7 Å². The van der Waals surface area contributed by atoms with E-state index in [1.54, 1.807) is 51.9 Å². The van der Waals surface area contributed by atoms with Crippen molar-refractivity contribution in [1.29, 1.82) is 0 Å². The van der Waals surface area contributed by atoms with Crippen LogP contribution in [0, 0.1) is 0 Å². The highest BCUT2D eigenvalue weighted by Crippen LogP contribution is 2.26. The first kappa shape index (κ1) is 21.3. The van der Waals surface area contributed by atoms with Crippen LogP contribution in [0.15, 0.2) is 56.6 Å². The molecule has 0 atom stereocenters. The van der Waals surface area contributed by atoms with Crippen LogP contribution in [0.3, 0.4) is 0 Å². The lowest BCUT2D eigenvalue weighted by atomic mass is 10.1. The number of fused-ring (bicyclic) bond motifs is 2. The van der Waals surface area contributed by atoms with Crippen LogP contribution in [0.2, 0.25) is 0 Å². The third-order valence-corrected chi connectivity index (χ3v) is 8.95. The number of hydrogen-bond donors (Lipinski definition) is 0. The number of hydrogen-bond acceptors (Lipinski definition) is 5. The number of aromatic nitrogens is 2. The van der Waals surface area contributed by atoms with E-state index in [4.69, 9.17) is 0 Å². The fraction of sp³-hybridized carbons (Fsp3) is 0.318. The molecule has 32 heavy (non-hydrogen) atoms. The molecule has 1 fully saturated rings. The summed E-state index contributed by atoms with van der Waals surface area (Å²) in [5.41, 5.74) is 0.922. The number of carbonyl (C=O) groups is 1. The van der Waals surface area contributed by atoms with Crippen LogP contribution >= 0.6 is 15.9 Å². The number of aryl methyl sites for hydroxylation is 1. The zero-order chi connectivity index (χ0) is 22.5. The Bertz CT molecular complexity index is 1390. The SMILES string of the molecule is O=C(c1ccc2c(=O)n3c(nc2c1)CCC3)N1CCN(S(=O)(=O)c2ccccc2Br)CC1. The highest BCUT2D eigenvalue weighted by atomic mass is 79.9. The molecule has 0 aliphatic carbocycles. The molecule has 8 nitrogen and oxygen atoms in total. The third kappa shape index (κ3) is 3.56. The number of rotatable bonds is 3. The van der Waals surface area contributed by atoms with Gasteiger partial charge in [-0.25, -0.2) is 13.4 Å². The molecule has 3 aromatic rings. The van der Waals surface area contributed by atoms with E-state index >= 15 is 0 Å². The van der Waals surface area contributed by atoms with Crippen molar-refractivity contribution in [2.45, 2.75) is 24.3 Å². The van der Waals surface area contributed by atoms with Crippen molar-refractivity contribution in [3.63, 3.8) is 0 Å². The van der Waals surface area contributed by atoms with E-state index < -0.39 is 10.0 Å². The van der Waals surface area contributed by atoms with Gasteiger partial charge in [0.2, 0.25) is 10.0 Å². The smallest absolute Gasteiger partial charge is 0.261 e. The Hall–Kier alpha value is -2.56. The van der Waals surface area contributed by atoms with E-state index in [-0.39, 0.29) is 29.5 Å². The van der Waals surface area contributed by atoms with Crippen molar-refractivity contribution in [3.05, 3.63) is 68.7 Å². The lowest BCUT2D eigenvalue weighted by molar-refractivity contribution is 0.0698. The normalized spacial score (nSPS) is 17.0. The predicted molar refractivity (Wildman–Crippen MR) is 123 cm³/mol.